The Balaban J connectivity index is 2.54. The first-order valence-electron chi connectivity index (χ1n) is 10.0. The number of allylic oxidation sites excluding steroid dienone is 1. The molecule has 1 aliphatic heterocycles. The molecule has 0 aromatic heterocycles. The predicted molar refractivity (Wildman–Crippen MR) is 106 cm³/mol. The lowest BCUT2D eigenvalue weighted by Crippen LogP contribution is -2.49. The summed E-state index contributed by atoms with van der Waals surface area (Å²) in [6, 6.07) is 0. The fourth-order valence-electron chi connectivity index (χ4n) is 3.94. The van der Waals surface area contributed by atoms with Gasteiger partial charge in [0.15, 0.2) is 11.4 Å². The third-order valence-corrected chi connectivity index (χ3v) is 5.94. The molecule has 0 unspecified atom stereocenters. The van der Waals surface area contributed by atoms with Crippen molar-refractivity contribution in [3.05, 3.63) is 23.8 Å². The third kappa shape index (κ3) is 4.98. The van der Waals surface area contributed by atoms with Gasteiger partial charge in [0, 0.05) is 30.9 Å². The maximum absolute atomic E-state index is 13.0. The van der Waals surface area contributed by atoms with Crippen molar-refractivity contribution >= 4 is 23.7 Å². The number of aliphatic hydroxyl groups is 1. The van der Waals surface area contributed by atoms with E-state index in [1.54, 1.807) is 26.8 Å². The largest absolute Gasteiger partial charge is 0.458 e. The quantitative estimate of drug-likeness (QED) is 0.417. The first-order chi connectivity index (χ1) is 13.9. The minimum Gasteiger partial charge on any atom is -0.458 e. The van der Waals surface area contributed by atoms with Crippen LogP contribution in [0.3, 0.4) is 0 Å². The van der Waals surface area contributed by atoms with Crippen molar-refractivity contribution in [2.75, 3.05) is 0 Å². The number of ketones is 1. The van der Waals surface area contributed by atoms with E-state index in [1.165, 1.54) is 13.8 Å². The van der Waals surface area contributed by atoms with E-state index in [0.717, 1.165) is 0 Å². The topological polar surface area (TPSA) is 116 Å². The summed E-state index contributed by atoms with van der Waals surface area (Å²) >= 11 is 0. The third-order valence-electron chi connectivity index (χ3n) is 5.94. The van der Waals surface area contributed by atoms with Gasteiger partial charge in [-0.3, -0.25) is 9.59 Å². The van der Waals surface area contributed by atoms with Crippen LogP contribution in [0.5, 0.6) is 0 Å². The number of Topliss-reactive ketones (excluding diaryl/α,β-unsaturated/α-hetero) is 1. The molecule has 6 atom stereocenters. The Labute approximate surface area is 176 Å². The van der Waals surface area contributed by atoms with Gasteiger partial charge in [-0.15, -0.1) is 0 Å². The molecule has 2 aliphatic rings. The van der Waals surface area contributed by atoms with Crippen LogP contribution in [-0.2, 0) is 33.4 Å². The SMILES string of the molecule is C=C1C(=O)O[C@@H]2C[C@H](C)[C@@H](O)CC(=O)[C@](C)(OC(C)=O)C[C@H](OC(=O)/C(C)=C\C)[C@@H]12. The molecule has 0 aromatic rings. The number of esters is 3. The Morgan fingerprint density at radius 2 is 1.93 bits per heavy atom. The van der Waals surface area contributed by atoms with Crippen molar-refractivity contribution in [3.8, 4) is 0 Å². The normalized spacial score (nSPS) is 35.3. The molecule has 1 heterocycles. The van der Waals surface area contributed by atoms with Gasteiger partial charge < -0.3 is 19.3 Å². The van der Waals surface area contributed by atoms with Crippen molar-refractivity contribution in [2.45, 2.75) is 77.8 Å². The number of hydrogen-bond acceptors (Lipinski definition) is 8. The minimum absolute atomic E-state index is 0.121. The number of hydrogen-bond donors (Lipinski definition) is 1. The zero-order valence-corrected chi connectivity index (χ0v) is 18.1. The Kier molecular flexibility index (Phi) is 7.23. The minimum atomic E-state index is -1.66. The van der Waals surface area contributed by atoms with E-state index >= 15 is 0 Å². The zero-order valence-electron chi connectivity index (χ0n) is 18.1. The van der Waals surface area contributed by atoms with Crippen molar-refractivity contribution < 1.29 is 38.5 Å². The van der Waals surface area contributed by atoms with Crippen LogP contribution in [0.15, 0.2) is 23.8 Å². The van der Waals surface area contributed by atoms with Gasteiger partial charge in [0.2, 0.25) is 0 Å². The molecule has 0 amide bonds. The summed E-state index contributed by atoms with van der Waals surface area (Å²) in [5.74, 6) is -3.54. The Morgan fingerprint density at radius 1 is 1.30 bits per heavy atom. The molecule has 0 aromatic carbocycles. The second kappa shape index (κ2) is 9.12. The summed E-state index contributed by atoms with van der Waals surface area (Å²) in [7, 11) is 0. The van der Waals surface area contributed by atoms with Gasteiger partial charge in [-0.25, -0.2) is 9.59 Å². The number of carbonyl (C=O) groups is 4. The molecule has 2 fully saturated rings. The first-order valence-corrected chi connectivity index (χ1v) is 10.0. The van der Waals surface area contributed by atoms with Crippen molar-refractivity contribution in [1.29, 1.82) is 0 Å². The molecule has 1 saturated carbocycles. The summed E-state index contributed by atoms with van der Waals surface area (Å²) in [5.41, 5.74) is -1.19. The molecule has 0 bridgehead atoms. The van der Waals surface area contributed by atoms with Crippen LogP contribution in [0.2, 0.25) is 0 Å². The second-order valence-electron chi connectivity index (χ2n) is 8.35. The summed E-state index contributed by atoms with van der Waals surface area (Å²) < 4.78 is 16.5. The highest BCUT2D eigenvalue weighted by atomic mass is 16.6. The van der Waals surface area contributed by atoms with Crippen LogP contribution in [0.1, 0.15) is 53.9 Å². The molecular formula is C22H30O8. The average molecular weight is 422 g/mol. The molecular weight excluding hydrogens is 392 g/mol. The fraction of sp³-hybridized carbons (Fsp3) is 0.636. The Bertz CT molecular complexity index is 782. The van der Waals surface area contributed by atoms with Crippen LogP contribution < -0.4 is 0 Å². The van der Waals surface area contributed by atoms with Gasteiger partial charge in [0.05, 0.1) is 12.0 Å². The van der Waals surface area contributed by atoms with E-state index in [0.29, 0.717) is 5.57 Å². The lowest BCUT2D eigenvalue weighted by atomic mass is 9.76. The van der Waals surface area contributed by atoms with Gasteiger partial charge in [0.25, 0.3) is 0 Å². The van der Waals surface area contributed by atoms with Gasteiger partial charge in [0.1, 0.15) is 12.2 Å². The second-order valence-corrected chi connectivity index (χ2v) is 8.35. The van der Waals surface area contributed by atoms with E-state index in [4.69, 9.17) is 14.2 Å². The molecule has 8 nitrogen and oxygen atoms in total. The van der Waals surface area contributed by atoms with E-state index in [1.807, 2.05) is 0 Å². The Hall–Kier alpha value is -2.48. The maximum atomic E-state index is 13.0. The van der Waals surface area contributed by atoms with Crippen LogP contribution in [0.4, 0.5) is 0 Å². The molecule has 1 aliphatic carbocycles. The van der Waals surface area contributed by atoms with E-state index in [9.17, 15) is 24.3 Å². The van der Waals surface area contributed by atoms with Crippen LogP contribution >= 0.6 is 0 Å². The van der Waals surface area contributed by atoms with Crippen molar-refractivity contribution in [2.24, 2.45) is 11.8 Å². The Morgan fingerprint density at radius 3 is 2.50 bits per heavy atom. The number of rotatable bonds is 3. The van der Waals surface area contributed by atoms with Gasteiger partial charge in [-0.1, -0.05) is 19.6 Å². The fourth-order valence-corrected chi connectivity index (χ4v) is 3.94. The molecule has 8 heteroatoms. The van der Waals surface area contributed by atoms with Crippen molar-refractivity contribution in [1.82, 2.24) is 0 Å². The lowest BCUT2D eigenvalue weighted by Gasteiger charge is -2.37. The van der Waals surface area contributed by atoms with Gasteiger partial charge >= 0.3 is 17.9 Å². The number of ether oxygens (including phenoxy) is 3. The van der Waals surface area contributed by atoms with Gasteiger partial charge in [-0.05, 0) is 33.1 Å². The lowest BCUT2D eigenvalue weighted by molar-refractivity contribution is -0.174. The average Bonchev–Trinajstić information content (AvgIpc) is 2.92. The highest BCUT2D eigenvalue weighted by Crippen LogP contribution is 2.40. The van der Waals surface area contributed by atoms with Crippen LogP contribution in [0.25, 0.3) is 0 Å². The maximum Gasteiger partial charge on any atom is 0.334 e. The smallest absolute Gasteiger partial charge is 0.334 e. The summed E-state index contributed by atoms with van der Waals surface area (Å²) in [4.78, 5) is 49.5. The van der Waals surface area contributed by atoms with E-state index in [2.05, 4.69) is 6.58 Å². The number of carbonyl (C=O) groups excluding carboxylic acids is 4. The number of aliphatic hydroxyl groups excluding tert-OH is 1. The van der Waals surface area contributed by atoms with E-state index < -0.39 is 59.4 Å². The molecule has 2 rings (SSSR count). The van der Waals surface area contributed by atoms with Crippen molar-refractivity contribution in [3.63, 3.8) is 0 Å². The zero-order chi connectivity index (χ0) is 22.8. The van der Waals surface area contributed by atoms with E-state index in [-0.39, 0.29) is 24.8 Å². The molecule has 0 radical (unpaired) electrons. The molecule has 0 spiro atoms. The predicted octanol–water partition coefficient (Wildman–Crippen LogP) is 2.03. The summed E-state index contributed by atoms with van der Waals surface area (Å²) in [6.07, 6.45) is -1.27. The molecule has 1 saturated heterocycles. The molecule has 166 valence electrons. The first kappa shape index (κ1) is 23.8. The monoisotopic (exact) mass is 422 g/mol. The molecule has 30 heavy (non-hydrogen) atoms. The van der Waals surface area contributed by atoms with Gasteiger partial charge in [-0.2, -0.15) is 0 Å². The summed E-state index contributed by atoms with van der Waals surface area (Å²) in [6.45, 7) is 11.4. The number of fused-ring (bicyclic) bond motifs is 1. The standard InChI is InChI=1S/C22H30O8/c1-7-11(2)20(26)29-17-10-22(6,30-14(5)23)18(25)9-15(24)12(3)8-16-19(17)13(4)21(27)28-16/h7,12,15-17,19,24H,4,8-10H2,1-3,5-6H3/b11-7-/t12-,15-,16+,17-,19-,22+/m0/s1. The molecule has 1 N–H and O–H groups in total. The highest BCUT2D eigenvalue weighted by molar-refractivity contribution is 5.92. The van der Waals surface area contributed by atoms with Crippen LogP contribution in [0, 0.1) is 11.8 Å². The van der Waals surface area contributed by atoms with Crippen LogP contribution in [-0.4, -0.2) is 52.7 Å². The summed E-state index contributed by atoms with van der Waals surface area (Å²) in [5, 5.41) is 10.5. The highest BCUT2D eigenvalue weighted by Gasteiger charge is 2.51.